The topological polar surface area (TPSA) is 61.5 Å². The summed E-state index contributed by atoms with van der Waals surface area (Å²) in [6.45, 7) is 4.52. The monoisotopic (exact) mass is 266 g/mol. The molecule has 1 aromatic rings. The molecule has 0 aromatic heterocycles. The molecule has 5 heteroatoms. The van der Waals surface area contributed by atoms with E-state index in [1.54, 1.807) is 14.0 Å². The van der Waals surface area contributed by atoms with E-state index in [-0.39, 0.29) is 12.4 Å². The fourth-order valence-electron chi connectivity index (χ4n) is 1.49. The smallest absolute Gasteiger partial charge is 0.492 e. The number of nitrogens with zero attached hydrogens (tertiary/aromatic N) is 1. The molecule has 1 aromatic carbocycles. The summed E-state index contributed by atoms with van der Waals surface area (Å²) in [4.78, 5) is 13.9. The average Bonchev–Trinajstić information content (AvgIpc) is 2.40. The Labute approximate surface area is 113 Å². The van der Waals surface area contributed by atoms with Crippen LogP contribution >= 0.6 is 0 Å². The number of hydrogen-bond acceptors (Lipinski definition) is 4. The molecule has 0 heterocycles. The molecule has 0 saturated carbocycles. The summed E-state index contributed by atoms with van der Waals surface area (Å²) in [6, 6.07) is 7.35. The van der Waals surface area contributed by atoms with Crippen LogP contribution in [0.15, 0.2) is 29.3 Å². The molecule has 0 spiro atoms. The Kier molecular flexibility index (Phi) is 6.43. The van der Waals surface area contributed by atoms with E-state index in [4.69, 9.17) is 14.2 Å². The van der Waals surface area contributed by atoms with Gasteiger partial charge in [0.15, 0.2) is 13.0 Å². The maximum atomic E-state index is 9.55. The van der Waals surface area contributed by atoms with Crippen LogP contribution in [0.3, 0.4) is 0 Å². The van der Waals surface area contributed by atoms with Crippen molar-refractivity contribution < 1.29 is 19.0 Å². The van der Waals surface area contributed by atoms with Gasteiger partial charge in [0.25, 0.3) is 0 Å². The van der Waals surface area contributed by atoms with E-state index in [9.17, 15) is 4.79 Å². The lowest BCUT2D eigenvalue weighted by atomic mass is 10.3. The summed E-state index contributed by atoms with van der Waals surface area (Å²) in [5.74, 6) is 0.929. The largest absolute Gasteiger partial charge is 0.494 e. The van der Waals surface area contributed by atoms with E-state index in [2.05, 4.69) is 4.99 Å². The summed E-state index contributed by atoms with van der Waals surface area (Å²) >= 11 is 0. The highest BCUT2D eigenvalue weighted by Crippen LogP contribution is 2.26. The van der Waals surface area contributed by atoms with Gasteiger partial charge in [-0.15, -0.1) is 0 Å². The maximum absolute atomic E-state index is 9.55. The van der Waals surface area contributed by atoms with Crippen LogP contribution < -0.4 is 4.74 Å². The molecule has 0 fully saturated rings. The second kappa shape index (κ2) is 8.13. The maximum Gasteiger partial charge on any atom is 0.492 e. The molecule has 0 saturated heterocycles. The van der Waals surface area contributed by atoms with Gasteiger partial charge in [-0.05, 0) is 26.0 Å². The summed E-state index contributed by atoms with van der Waals surface area (Å²) < 4.78 is 15.6. The number of benzene rings is 1. The second-order valence-corrected chi connectivity index (χ2v) is 3.61. The predicted molar refractivity (Wildman–Crippen MR) is 74.9 cm³/mol. The third-order valence-corrected chi connectivity index (χ3v) is 2.25. The van der Waals surface area contributed by atoms with Crippen molar-refractivity contribution in [3.63, 3.8) is 0 Å². The molecule has 1 rings (SSSR count). The van der Waals surface area contributed by atoms with Gasteiger partial charge in [-0.1, -0.05) is 12.1 Å². The normalized spacial score (nSPS) is 11.0. The fraction of sp³-hybridized carbons (Fsp3) is 0.429. The Hall–Kier alpha value is -2.04. The van der Waals surface area contributed by atoms with Crippen molar-refractivity contribution in [3.8, 4) is 5.75 Å². The van der Waals surface area contributed by atoms with E-state index >= 15 is 0 Å². The van der Waals surface area contributed by atoms with Crippen LogP contribution in [-0.2, 0) is 9.47 Å². The van der Waals surface area contributed by atoms with E-state index in [1.165, 1.54) is 0 Å². The molecule has 1 N–H and O–H groups in total. The molecular formula is C14H20NO4+. The first-order chi connectivity index (χ1) is 9.21. The zero-order chi connectivity index (χ0) is 14.1. The summed E-state index contributed by atoms with van der Waals surface area (Å²) in [6.07, 6.45) is 0.125. The Morgan fingerprint density at radius 2 is 1.84 bits per heavy atom. The van der Waals surface area contributed by atoms with Crippen LogP contribution in [-0.4, -0.2) is 37.0 Å². The van der Waals surface area contributed by atoms with Gasteiger partial charge >= 0.3 is 5.97 Å². The van der Waals surface area contributed by atoms with E-state index < -0.39 is 0 Å². The molecule has 0 aliphatic rings. The number of methoxy groups -OCH3 is 1. The van der Waals surface area contributed by atoms with Crippen molar-refractivity contribution in [2.24, 2.45) is 4.99 Å². The highest BCUT2D eigenvalue weighted by Gasteiger charge is 2.17. The first-order valence-corrected chi connectivity index (χ1v) is 6.22. The second-order valence-electron chi connectivity index (χ2n) is 3.61. The van der Waals surface area contributed by atoms with Crippen LogP contribution in [0.2, 0.25) is 0 Å². The summed E-state index contributed by atoms with van der Waals surface area (Å²) in [7, 11) is 1.58. The van der Waals surface area contributed by atoms with E-state index in [0.29, 0.717) is 30.5 Å². The lowest BCUT2D eigenvalue weighted by Crippen LogP contribution is -2.14. The first kappa shape index (κ1) is 15.0. The highest BCUT2D eigenvalue weighted by atomic mass is 16.5. The molecule has 104 valence electrons. The molecule has 0 bridgehead atoms. The molecule has 0 radical (unpaired) electrons. The number of hydrogen-bond donors (Lipinski definition) is 0. The highest BCUT2D eigenvalue weighted by molar-refractivity contribution is 5.96. The van der Waals surface area contributed by atoms with Crippen molar-refractivity contribution in [3.05, 3.63) is 24.3 Å². The number of para-hydroxylation sites is 2. The van der Waals surface area contributed by atoms with Crippen molar-refractivity contribution in [2.75, 3.05) is 20.3 Å². The minimum atomic E-state index is -0.107. The van der Waals surface area contributed by atoms with Gasteiger partial charge < -0.3 is 19.0 Å². The van der Waals surface area contributed by atoms with Crippen LogP contribution in [0, 0.1) is 0 Å². The van der Waals surface area contributed by atoms with Crippen LogP contribution in [0.4, 0.5) is 5.69 Å². The third-order valence-electron chi connectivity index (χ3n) is 2.25. The van der Waals surface area contributed by atoms with Gasteiger partial charge in [0, 0.05) is 0 Å². The SMILES string of the molecule is CCOC(=[OH+])CC(=Nc1ccccc1OC)OCC. The molecule has 19 heavy (non-hydrogen) atoms. The van der Waals surface area contributed by atoms with Crippen molar-refractivity contribution in [1.82, 2.24) is 0 Å². The number of esters is 1. The number of aliphatic imine (C=N–C) groups is 1. The van der Waals surface area contributed by atoms with Crippen LogP contribution in [0.5, 0.6) is 5.75 Å². The van der Waals surface area contributed by atoms with Gasteiger partial charge in [-0.25, -0.2) is 4.99 Å². The standard InChI is InChI=1S/C14H19NO4/c1-4-18-13(10-14(16)19-5-2)15-11-8-6-7-9-12(11)17-3/h6-9H,4-5,10H2,1-3H3/p+1. The fourth-order valence-corrected chi connectivity index (χ4v) is 1.49. The molecule has 0 aliphatic carbocycles. The van der Waals surface area contributed by atoms with Crippen LogP contribution in [0.1, 0.15) is 20.3 Å². The molecule has 0 unspecified atom stereocenters. The predicted octanol–water partition coefficient (Wildman–Crippen LogP) is 2.69. The van der Waals surface area contributed by atoms with E-state index in [0.717, 1.165) is 0 Å². The summed E-state index contributed by atoms with van der Waals surface area (Å²) in [5.41, 5.74) is 0.651. The Bertz CT molecular complexity index is 443. The molecule has 0 aliphatic heterocycles. The lowest BCUT2D eigenvalue weighted by molar-refractivity contribution is 0.275. The van der Waals surface area contributed by atoms with Crippen molar-refractivity contribution in [2.45, 2.75) is 20.3 Å². The zero-order valence-electron chi connectivity index (χ0n) is 11.5. The van der Waals surface area contributed by atoms with Crippen LogP contribution in [0.25, 0.3) is 0 Å². The van der Waals surface area contributed by atoms with Gasteiger partial charge in [-0.2, -0.15) is 0 Å². The Morgan fingerprint density at radius 1 is 1.16 bits per heavy atom. The number of ether oxygens (including phenoxy) is 3. The van der Waals surface area contributed by atoms with E-state index in [1.807, 2.05) is 31.2 Å². The van der Waals surface area contributed by atoms with Gasteiger partial charge in [0.05, 0.1) is 13.7 Å². The van der Waals surface area contributed by atoms with Crippen molar-refractivity contribution in [1.29, 1.82) is 0 Å². The molecule has 0 amide bonds. The zero-order valence-corrected chi connectivity index (χ0v) is 11.5. The quantitative estimate of drug-likeness (QED) is 0.344. The lowest BCUT2D eigenvalue weighted by Gasteiger charge is -2.07. The molecule has 5 nitrogen and oxygen atoms in total. The third kappa shape index (κ3) is 4.99. The Morgan fingerprint density at radius 3 is 2.47 bits per heavy atom. The Balaban J connectivity index is 2.90. The van der Waals surface area contributed by atoms with Gasteiger partial charge in [-0.3, -0.25) is 0 Å². The van der Waals surface area contributed by atoms with Gasteiger partial charge in [0.1, 0.15) is 11.4 Å². The van der Waals surface area contributed by atoms with Crippen molar-refractivity contribution >= 4 is 17.6 Å². The summed E-state index contributed by atoms with van der Waals surface area (Å²) in [5, 5.41) is 0. The molecule has 0 atom stereocenters. The van der Waals surface area contributed by atoms with Gasteiger partial charge in [0.2, 0.25) is 5.90 Å². The minimum absolute atomic E-state index is 0.107. The minimum Gasteiger partial charge on any atom is -0.494 e. The number of rotatable bonds is 6. The molecular weight excluding hydrogens is 246 g/mol. The average molecular weight is 266 g/mol. The first-order valence-electron chi connectivity index (χ1n) is 6.22. The number of carbonyl (C=O) groups excluding carboxylic acids is 1.